The van der Waals surface area contributed by atoms with Gasteiger partial charge in [-0.3, -0.25) is 4.79 Å². The number of anilines is 1. The molecule has 1 saturated heterocycles. The van der Waals surface area contributed by atoms with Crippen LogP contribution in [0.25, 0.3) is 0 Å². The van der Waals surface area contributed by atoms with Gasteiger partial charge in [0.1, 0.15) is 10.8 Å². The molecule has 3 aromatic rings. The van der Waals surface area contributed by atoms with Crippen molar-refractivity contribution in [2.24, 2.45) is 13.0 Å². The number of aryl methyl sites for hydroxylation is 1. The summed E-state index contributed by atoms with van der Waals surface area (Å²) in [5, 5.41) is 14.9. The Kier molecular flexibility index (Phi) is 6.96. The zero-order valence-electron chi connectivity index (χ0n) is 17.9. The maximum atomic E-state index is 12.3. The molecule has 1 amide bonds. The highest BCUT2D eigenvalue weighted by Gasteiger charge is 2.29. The first-order chi connectivity index (χ1) is 15.3. The molecule has 8 nitrogen and oxygen atoms in total. The van der Waals surface area contributed by atoms with Gasteiger partial charge in [-0.1, -0.05) is 29.5 Å². The Labute approximate surface area is 195 Å². The minimum Gasteiger partial charge on any atom is -0.326 e. The summed E-state index contributed by atoms with van der Waals surface area (Å²) in [4.78, 5) is 16.8. The summed E-state index contributed by atoms with van der Waals surface area (Å²) in [5.41, 5.74) is 2.82. The summed E-state index contributed by atoms with van der Waals surface area (Å²) in [5.74, 6) is 1.97. The van der Waals surface area contributed by atoms with Gasteiger partial charge in [0.05, 0.1) is 23.6 Å². The van der Waals surface area contributed by atoms with Gasteiger partial charge in [-0.15, -0.1) is 21.5 Å². The van der Waals surface area contributed by atoms with Crippen molar-refractivity contribution < 1.29 is 13.2 Å². The van der Waals surface area contributed by atoms with Crippen LogP contribution < -0.4 is 5.32 Å². The van der Waals surface area contributed by atoms with E-state index in [2.05, 4.69) is 20.5 Å². The second kappa shape index (κ2) is 9.72. The van der Waals surface area contributed by atoms with Crippen molar-refractivity contribution in [2.45, 2.75) is 37.1 Å². The average molecular weight is 492 g/mol. The standard InChI is InChI=1S/C21H25N5O3S3/c1-14-3-5-16(6-4-14)22-19(27)10-20-23-17(11-30-20)12-31-21-25-24-18(26(21)2)9-15-7-8-32(28,29)13-15/h3-6,11,15H,7-10,12-13H2,1-2H3,(H,22,27). The number of nitrogens with one attached hydrogen (secondary N) is 1. The first-order valence-electron chi connectivity index (χ1n) is 10.3. The van der Waals surface area contributed by atoms with E-state index in [4.69, 9.17) is 0 Å². The van der Waals surface area contributed by atoms with Gasteiger partial charge in [0.15, 0.2) is 15.0 Å². The van der Waals surface area contributed by atoms with Crippen LogP contribution in [0.4, 0.5) is 5.69 Å². The highest BCUT2D eigenvalue weighted by molar-refractivity contribution is 7.98. The summed E-state index contributed by atoms with van der Waals surface area (Å²) in [7, 11) is -0.986. The second-order valence-corrected chi connectivity index (χ2v) is 12.2. The first kappa shape index (κ1) is 22.9. The van der Waals surface area contributed by atoms with E-state index < -0.39 is 9.84 Å². The summed E-state index contributed by atoms with van der Waals surface area (Å²) in [6, 6.07) is 7.69. The maximum Gasteiger partial charge on any atom is 0.231 e. The van der Waals surface area contributed by atoms with Crippen LogP contribution >= 0.6 is 23.1 Å². The van der Waals surface area contributed by atoms with Crippen LogP contribution in [0.2, 0.25) is 0 Å². The minimum absolute atomic E-state index is 0.0886. The molecule has 0 saturated carbocycles. The molecule has 1 unspecified atom stereocenters. The van der Waals surface area contributed by atoms with Crippen molar-refractivity contribution in [3.05, 3.63) is 51.7 Å². The van der Waals surface area contributed by atoms with Crippen LogP contribution in [0.15, 0.2) is 34.8 Å². The highest BCUT2D eigenvalue weighted by Crippen LogP contribution is 2.26. The molecule has 1 fully saturated rings. The first-order valence-corrected chi connectivity index (χ1v) is 14.0. The van der Waals surface area contributed by atoms with Gasteiger partial charge in [0.2, 0.25) is 5.91 Å². The quantitative estimate of drug-likeness (QED) is 0.483. The van der Waals surface area contributed by atoms with Crippen LogP contribution in [0.5, 0.6) is 0 Å². The van der Waals surface area contributed by atoms with E-state index in [9.17, 15) is 13.2 Å². The Morgan fingerprint density at radius 1 is 1.28 bits per heavy atom. The Morgan fingerprint density at radius 3 is 2.78 bits per heavy atom. The smallest absolute Gasteiger partial charge is 0.231 e. The van der Waals surface area contributed by atoms with E-state index in [0.717, 1.165) is 32.9 Å². The van der Waals surface area contributed by atoms with Gasteiger partial charge < -0.3 is 9.88 Å². The monoisotopic (exact) mass is 491 g/mol. The van der Waals surface area contributed by atoms with Crippen LogP contribution in [0.3, 0.4) is 0 Å². The van der Waals surface area contributed by atoms with Crippen molar-refractivity contribution in [1.29, 1.82) is 0 Å². The van der Waals surface area contributed by atoms with Crippen molar-refractivity contribution in [3.8, 4) is 0 Å². The van der Waals surface area contributed by atoms with Gasteiger partial charge in [0, 0.05) is 30.3 Å². The number of amides is 1. The topological polar surface area (TPSA) is 107 Å². The van der Waals surface area contributed by atoms with Crippen LogP contribution in [0.1, 0.15) is 28.5 Å². The number of carbonyl (C=O) groups is 1. The molecule has 0 radical (unpaired) electrons. The highest BCUT2D eigenvalue weighted by atomic mass is 32.2. The normalized spacial score (nSPS) is 17.5. The maximum absolute atomic E-state index is 12.3. The molecule has 1 N–H and O–H groups in total. The molecule has 3 heterocycles. The van der Waals surface area contributed by atoms with Crippen LogP contribution in [0, 0.1) is 12.8 Å². The lowest BCUT2D eigenvalue weighted by molar-refractivity contribution is -0.115. The summed E-state index contributed by atoms with van der Waals surface area (Å²) in [6.45, 7) is 2.00. The molecule has 0 aliphatic carbocycles. The Hall–Kier alpha value is -2.24. The van der Waals surface area contributed by atoms with Crippen LogP contribution in [-0.4, -0.2) is 45.6 Å². The number of hydrogen-bond donors (Lipinski definition) is 1. The van der Waals surface area contributed by atoms with Gasteiger partial charge >= 0.3 is 0 Å². The number of thioether (sulfide) groups is 1. The van der Waals surface area contributed by atoms with Gasteiger partial charge in [-0.2, -0.15) is 0 Å². The zero-order chi connectivity index (χ0) is 22.7. The van der Waals surface area contributed by atoms with Crippen molar-refractivity contribution >= 4 is 44.5 Å². The van der Waals surface area contributed by atoms with E-state index in [-0.39, 0.29) is 29.8 Å². The molecule has 32 heavy (non-hydrogen) atoms. The third-order valence-corrected chi connectivity index (χ3v) is 9.11. The Balaban J connectivity index is 1.28. The van der Waals surface area contributed by atoms with Crippen LogP contribution in [-0.2, 0) is 40.3 Å². The number of thiazole rings is 1. The third kappa shape index (κ3) is 5.96. The predicted molar refractivity (Wildman–Crippen MR) is 127 cm³/mol. The number of sulfone groups is 1. The molecule has 1 aliphatic rings. The largest absolute Gasteiger partial charge is 0.326 e. The summed E-state index contributed by atoms with van der Waals surface area (Å²) >= 11 is 3.00. The molecule has 11 heteroatoms. The lowest BCUT2D eigenvalue weighted by Crippen LogP contribution is -2.14. The van der Waals surface area contributed by atoms with E-state index in [0.29, 0.717) is 18.6 Å². The fraction of sp³-hybridized carbons (Fsp3) is 0.429. The number of rotatable bonds is 8. The SMILES string of the molecule is Cc1ccc(NC(=O)Cc2nc(CSc3nnc(CC4CCS(=O)(=O)C4)n3C)cs2)cc1. The van der Waals surface area contributed by atoms with Crippen molar-refractivity contribution in [2.75, 3.05) is 16.8 Å². The molecular formula is C21H25N5O3S3. The van der Waals surface area contributed by atoms with Crippen molar-refractivity contribution in [3.63, 3.8) is 0 Å². The van der Waals surface area contributed by atoms with E-state index in [1.54, 1.807) is 0 Å². The molecular weight excluding hydrogens is 466 g/mol. The average Bonchev–Trinajstić information content (AvgIpc) is 3.42. The molecule has 2 aromatic heterocycles. The molecule has 0 spiro atoms. The predicted octanol–water partition coefficient (Wildman–Crippen LogP) is 3.03. The third-order valence-electron chi connectivity index (χ3n) is 5.32. The molecule has 1 aromatic carbocycles. The Morgan fingerprint density at radius 2 is 2.06 bits per heavy atom. The summed E-state index contributed by atoms with van der Waals surface area (Å²) in [6.07, 6.45) is 1.55. The molecule has 170 valence electrons. The summed E-state index contributed by atoms with van der Waals surface area (Å²) < 4.78 is 25.3. The number of benzene rings is 1. The van der Waals surface area contributed by atoms with Gasteiger partial charge in [0.25, 0.3) is 0 Å². The second-order valence-electron chi connectivity index (χ2n) is 8.04. The lowest BCUT2D eigenvalue weighted by Gasteiger charge is -2.07. The van der Waals surface area contributed by atoms with E-state index >= 15 is 0 Å². The molecule has 1 atom stereocenters. The fourth-order valence-corrected chi connectivity index (χ4v) is 7.14. The van der Waals surface area contributed by atoms with Gasteiger partial charge in [-0.05, 0) is 31.4 Å². The fourth-order valence-electron chi connectivity index (χ4n) is 3.55. The van der Waals surface area contributed by atoms with Crippen molar-refractivity contribution in [1.82, 2.24) is 19.7 Å². The number of nitrogens with zero attached hydrogens (tertiary/aromatic N) is 4. The number of carbonyl (C=O) groups excluding carboxylic acids is 1. The van der Waals surface area contributed by atoms with E-state index in [1.807, 2.05) is 48.2 Å². The minimum atomic E-state index is -2.89. The van der Waals surface area contributed by atoms with E-state index in [1.165, 1.54) is 23.1 Å². The zero-order valence-corrected chi connectivity index (χ0v) is 20.4. The lowest BCUT2D eigenvalue weighted by atomic mass is 10.1. The Bertz CT molecular complexity index is 1200. The molecule has 1 aliphatic heterocycles. The molecule has 0 bridgehead atoms. The number of hydrogen-bond acceptors (Lipinski definition) is 8. The molecule has 4 rings (SSSR count). The van der Waals surface area contributed by atoms with Gasteiger partial charge in [-0.25, -0.2) is 13.4 Å². The number of aromatic nitrogens is 4.